The summed E-state index contributed by atoms with van der Waals surface area (Å²) in [6.45, 7) is 2.93. The molecule has 0 radical (unpaired) electrons. The molecule has 1 atom stereocenters. The van der Waals surface area contributed by atoms with Gasteiger partial charge in [-0.25, -0.2) is 0 Å². The lowest BCUT2D eigenvalue weighted by molar-refractivity contribution is -0.0289. The van der Waals surface area contributed by atoms with Crippen LogP contribution in [-0.2, 0) is 4.74 Å². The van der Waals surface area contributed by atoms with Crippen molar-refractivity contribution in [3.05, 3.63) is 48.0 Å². The second-order valence-electron chi connectivity index (χ2n) is 6.10. The molecule has 2 aromatic rings. The zero-order chi connectivity index (χ0) is 14.7. The molecule has 0 heterocycles. The standard InChI is InChI=1S/C19H25NO/c1-3-21-18-10-14(11-18)12-19(20-2)17-9-8-15-6-4-5-7-16(15)13-17/h4-9,13-14,18-20H,3,10-12H2,1-2H3. The topological polar surface area (TPSA) is 21.3 Å². The van der Waals surface area contributed by atoms with Crippen LogP contribution in [0.25, 0.3) is 10.8 Å². The first-order chi connectivity index (χ1) is 10.3. The minimum Gasteiger partial charge on any atom is -0.378 e. The second-order valence-corrected chi connectivity index (χ2v) is 6.10. The van der Waals surface area contributed by atoms with Gasteiger partial charge in [-0.05, 0) is 61.6 Å². The molecule has 1 N–H and O–H groups in total. The van der Waals surface area contributed by atoms with Crippen molar-refractivity contribution in [1.29, 1.82) is 0 Å². The SMILES string of the molecule is CCOC1CC(CC(NC)c2ccc3ccccc3c2)C1. The summed E-state index contributed by atoms with van der Waals surface area (Å²) < 4.78 is 5.67. The lowest BCUT2D eigenvalue weighted by atomic mass is 9.77. The van der Waals surface area contributed by atoms with Gasteiger partial charge < -0.3 is 10.1 Å². The maximum Gasteiger partial charge on any atom is 0.0580 e. The van der Waals surface area contributed by atoms with Gasteiger partial charge in [0.15, 0.2) is 0 Å². The van der Waals surface area contributed by atoms with Crippen molar-refractivity contribution in [3.8, 4) is 0 Å². The van der Waals surface area contributed by atoms with Crippen LogP contribution in [0.2, 0.25) is 0 Å². The van der Waals surface area contributed by atoms with E-state index in [1.54, 1.807) is 0 Å². The Balaban J connectivity index is 1.67. The van der Waals surface area contributed by atoms with Gasteiger partial charge in [-0.3, -0.25) is 0 Å². The van der Waals surface area contributed by atoms with E-state index >= 15 is 0 Å². The molecule has 0 saturated heterocycles. The fourth-order valence-electron chi connectivity index (χ4n) is 3.42. The summed E-state index contributed by atoms with van der Waals surface area (Å²) in [5, 5.41) is 6.13. The number of fused-ring (bicyclic) bond motifs is 1. The van der Waals surface area contributed by atoms with E-state index in [1.165, 1.54) is 35.6 Å². The molecule has 21 heavy (non-hydrogen) atoms. The van der Waals surface area contributed by atoms with Crippen molar-refractivity contribution < 1.29 is 4.74 Å². The van der Waals surface area contributed by atoms with Crippen LogP contribution in [0.5, 0.6) is 0 Å². The van der Waals surface area contributed by atoms with Gasteiger partial charge in [0.05, 0.1) is 6.10 Å². The number of hydrogen-bond acceptors (Lipinski definition) is 2. The Morgan fingerprint density at radius 2 is 1.90 bits per heavy atom. The van der Waals surface area contributed by atoms with Gasteiger partial charge in [0.25, 0.3) is 0 Å². The highest BCUT2D eigenvalue weighted by Crippen LogP contribution is 2.37. The number of rotatable bonds is 6. The van der Waals surface area contributed by atoms with Crippen LogP contribution in [0.1, 0.15) is 37.8 Å². The monoisotopic (exact) mass is 283 g/mol. The van der Waals surface area contributed by atoms with Crippen molar-refractivity contribution in [2.24, 2.45) is 5.92 Å². The summed E-state index contributed by atoms with van der Waals surface area (Å²) in [4.78, 5) is 0. The van der Waals surface area contributed by atoms with Crippen LogP contribution in [0.15, 0.2) is 42.5 Å². The van der Waals surface area contributed by atoms with Crippen molar-refractivity contribution in [2.75, 3.05) is 13.7 Å². The molecule has 2 nitrogen and oxygen atoms in total. The molecule has 0 aliphatic heterocycles. The minimum absolute atomic E-state index is 0.446. The third-order valence-electron chi connectivity index (χ3n) is 4.69. The molecule has 3 rings (SSSR count). The van der Waals surface area contributed by atoms with Gasteiger partial charge in [0.1, 0.15) is 0 Å². The van der Waals surface area contributed by atoms with Crippen molar-refractivity contribution in [2.45, 2.75) is 38.3 Å². The fraction of sp³-hybridized carbons (Fsp3) is 0.474. The maximum absolute atomic E-state index is 5.67. The highest BCUT2D eigenvalue weighted by atomic mass is 16.5. The van der Waals surface area contributed by atoms with Gasteiger partial charge in [-0.2, -0.15) is 0 Å². The van der Waals surface area contributed by atoms with E-state index in [-0.39, 0.29) is 0 Å². The van der Waals surface area contributed by atoms with Crippen LogP contribution in [0, 0.1) is 5.92 Å². The molecule has 2 aromatic carbocycles. The molecule has 1 unspecified atom stereocenters. The second kappa shape index (κ2) is 6.59. The lowest BCUT2D eigenvalue weighted by Crippen LogP contribution is -2.34. The average molecular weight is 283 g/mol. The average Bonchev–Trinajstić information content (AvgIpc) is 2.49. The molecule has 112 valence electrons. The third kappa shape index (κ3) is 3.28. The highest BCUT2D eigenvalue weighted by Gasteiger charge is 2.31. The van der Waals surface area contributed by atoms with Crippen LogP contribution < -0.4 is 5.32 Å². The summed E-state index contributed by atoms with van der Waals surface area (Å²) in [5.41, 5.74) is 1.40. The summed E-state index contributed by atoms with van der Waals surface area (Å²) in [6, 6.07) is 15.9. The van der Waals surface area contributed by atoms with Crippen LogP contribution in [0.4, 0.5) is 0 Å². The Morgan fingerprint density at radius 1 is 1.14 bits per heavy atom. The molecule has 0 amide bonds. The number of benzene rings is 2. The predicted molar refractivity (Wildman–Crippen MR) is 88.5 cm³/mol. The molecule has 0 aromatic heterocycles. The summed E-state index contributed by atoms with van der Waals surface area (Å²) in [5.74, 6) is 0.797. The molecule has 2 heteroatoms. The van der Waals surface area contributed by atoms with Gasteiger partial charge in [0, 0.05) is 12.6 Å². The molecule has 1 aliphatic rings. The van der Waals surface area contributed by atoms with E-state index < -0.39 is 0 Å². The van der Waals surface area contributed by atoms with E-state index in [2.05, 4.69) is 61.8 Å². The molecule has 1 aliphatic carbocycles. The third-order valence-corrected chi connectivity index (χ3v) is 4.69. The Morgan fingerprint density at radius 3 is 2.62 bits per heavy atom. The van der Waals surface area contributed by atoms with Gasteiger partial charge in [-0.15, -0.1) is 0 Å². The Kier molecular flexibility index (Phi) is 4.57. The van der Waals surface area contributed by atoms with Crippen LogP contribution in [0.3, 0.4) is 0 Å². The molecule has 0 spiro atoms. The summed E-state index contributed by atoms with van der Waals surface area (Å²) >= 11 is 0. The van der Waals surface area contributed by atoms with Gasteiger partial charge in [0.2, 0.25) is 0 Å². The van der Waals surface area contributed by atoms with Crippen molar-refractivity contribution in [3.63, 3.8) is 0 Å². The summed E-state index contributed by atoms with van der Waals surface area (Å²) in [7, 11) is 2.07. The zero-order valence-corrected chi connectivity index (χ0v) is 13.0. The van der Waals surface area contributed by atoms with E-state index in [0.29, 0.717) is 12.1 Å². The van der Waals surface area contributed by atoms with Crippen LogP contribution >= 0.6 is 0 Å². The normalized spacial score (nSPS) is 23.0. The van der Waals surface area contributed by atoms with Crippen molar-refractivity contribution in [1.82, 2.24) is 5.32 Å². The first-order valence-corrected chi connectivity index (χ1v) is 8.07. The first-order valence-electron chi connectivity index (χ1n) is 8.07. The van der Waals surface area contributed by atoms with E-state index in [4.69, 9.17) is 4.74 Å². The number of nitrogens with one attached hydrogen (secondary N) is 1. The van der Waals surface area contributed by atoms with E-state index in [1.807, 2.05) is 0 Å². The van der Waals surface area contributed by atoms with Gasteiger partial charge >= 0.3 is 0 Å². The Bertz CT molecular complexity index is 589. The van der Waals surface area contributed by atoms with Crippen molar-refractivity contribution >= 4 is 10.8 Å². The zero-order valence-electron chi connectivity index (χ0n) is 13.0. The quantitative estimate of drug-likeness (QED) is 0.853. The molecule has 1 saturated carbocycles. The fourth-order valence-corrected chi connectivity index (χ4v) is 3.42. The number of ether oxygens (including phenoxy) is 1. The smallest absolute Gasteiger partial charge is 0.0580 e. The predicted octanol–water partition coefficient (Wildman–Crippen LogP) is 4.31. The molecular formula is C19H25NO. The van der Waals surface area contributed by atoms with E-state index in [0.717, 1.165) is 12.5 Å². The largest absolute Gasteiger partial charge is 0.378 e. The molecule has 0 bridgehead atoms. The number of hydrogen-bond donors (Lipinski definition) is 1. The highest BCUT2D eigenvalue weighted by molar-refractivity contribution is 5.83. The minimum atomic E-state index is 0.446. The Labute approximate surface area is 127 Å². The Hall–Kier alpha value is -1.38. The first kappa shape index (κ1) is 14.6. The maximum atomic E-state index is 5.67. The molecular weight excluding hydrogens is 258 g/mol. The van der Waals surface area contributed by atoms with E-state index in [9.17, 15) is 0 Å². The van der Waals surface area contributed by atoms with Gasteiger partial charge in [-0.1, -0.05) is 36.4 Å². The lowest BCUT2D eigenvalue weighted by Gasteiger charge is -2.37. The summed E-state index contributed by atoms with van der Waals surface area (Å²) in [6.07, 6.45) is 4.16. The van der Waals surface area contributed by atoms with Crippen LogP contribution in [-0.4, -0.2) is 19.8 Å². The molecule has 1 fully saturated rings.